The lowest BCUT2D eigenvalue weighted by Crippen LogP contribution is -2.57. The number of phenolic OH excluding ortho intramolecular Hbond substituents is 2. The summed E-state index contributed by atoms with van der Waals surface area (Å²) in [5, 5.41) is 40.3. The number of aryl methyl sites for hydroxylation is 1. The molecule has 1 aliphatic rings. The second-order valence-electron chi connectivity index (χ2n) is 20.1. The number of aliphatic hydroxyl groups excluding tert-OH is 1. The highest BCUT2D eigenvalue weighted by molar-refractivity contribution is 7.22. The summed E-state index contributed by atoms with van der Waals surface area (Å²) in [7, 11) is 0. The van der Waals surface area contributed by atoms with Crippen molar-refractivity contribution in [1.29, 1.82) is 0 Å². The summed E-state index contributed by atoms with van der Waals surface area (Å²) >= 11 is 2.96. The fourth-order valence-corrected chi connectivity index (χ4v) is 11.3. The average Bonchev–Trinajstić information content (AvgIpc) is 4.13. The highest BCUT2D eigenvalue weighted by atomic mass is 32.1. The van der Waals surface area contributed by atoms with Gasteiger partial charge in [-0.15, -0.1) is 22.7 Å². The Labute approximate surface area is 444 Å². The molecule has 14 nitrogen and oxygen atoms in total. The molecule has 390 valence electrons. The molecule has 16 heteroatoms. The van der Waals surface area contributed by atoms with E-state index in [1.54, 1.807) is 78.1 Å². The van der Waals surface area contributed by atoms with Crippen LogP contribution in [-0.2, 0) is 20.8 Å². The minimum Gasteiger partial charge on any atom is -0.508 e. The van der Waals surface area contributed by atoms with E-state index in [4.69, 9.17) is 4.74 Å². The van der Waals surface area contributed by atoms with Gasteiger partial charge in [0.15, 0.2) is 5.78 Å². The van der Waals surface area contributed by atoms with Crippen LogP contribution in [0.1, 0.15) is 109 Å². The van der Waals surface area contributed by atoms with Gasteiger partial charge in [0.25, 0.3) is 5.91 Å². The Balaban J connectivity index is 0.743. The first kappa shape index (κ1) is 53.9. The second kappa shape index (κ2) is 23.9. The van der Waals surface area contributed by atoms with Gasteiger partial charge in [-0.1, -0.05) is 69.3 Å². The van der Waals surface area contributed by atoms with Crippen LogP contribution in [0.3, 0.4) is 0 Å². The molecule has 4 atom stereocenters. The highest BCUT2D eigenvalue weighted by Crippen LogP contribution is 2.42. The number of likely N-dealkylation sites (tertiary alicyclic amines) is 1. The van der Waals surface area contributed by atoms with Crippen LogP contribution >= 0.6 is 22.7 Å². The molecule has 0 radical (unpaired) electrons. The monoisotopic (exact) mass is 1050 g/mol. The zero-order valence-corrected chi connectivity index (χ0v) is 44.4. The number of hydrogen-bond acceptors (Lipinski definition) is 12. The van der Waals surface area contributed by atoms with Gasteiger partial charge in [0.1, 0.15) is 29.3 Å². The Morgan fingerprint density at radius 2 is 1.47 bits per heavy atom. The van der Waals surface area contributed by atoms with E-state index in [1.807, 2.05) is 88.7 Å². The second-order valence-corrected chi connectivity index (χ2v) is 22.0. The molecule has 4 unspecified atom stereocenters. The van der Waals surface area contributed by atoms with Crippen LogP contribution in [0, 0.1) is 12.3 Å². The zero-order chi connectivity index (χ0) is 53.4. The smallest absolute Gasteiger partial charge is 0.251 e. The SMILES string of the molecule is Cc1ncsc1-c1ccc(C(C)NC(=O)C2CC(O)CN2C(=O)C(NC(=O)CCCCCOc2ccc(CCNC(=O)c3ccc(C(=O)c4c(-c5ccc(O)cc5)sc5cc(O)ccc45)cc3)cc2)C(C)(C)C)cc1. The van der Waals surface area contributed by atoms with Crippen LogP contribution < -0.4 is 20.7 Å². The average molecular weight is 1050 g/mol. The number of aromatic nitrogens is 1. The number of hydrogen-bond donors (Lipinski definition) is 6. The third-order valence-corrected chi connectivity index (χ3v) is 15.6. The van der Waals surface area contributed by atoms with Gasteiger partial charge in [0.2, 0.25) is 17.7 Å². The number of aliphatic hydroxyl groups is 1. The van der Waals surface area contributed by atoms with Crippen molar-refractivity contribution >= 4 is 62.2 Å². The predicted octanol–water partition coefficient (Wildman–Crippen LogP) is 9.92. The van der Waals surface area contributed by atoms with Crippen molar-refractivity contribution < 1.29 is 44.0 Å². The molecular formula is C59H63N5O9S2. The number of carbonyl (C=O) groups is 5. The molecule has 1 fully saturated rings. The van der Waals surface area contributed by atoms with E-state index >= 15 is 0 Å². The number of amides is 4. The maximum Gasteiger partial charge on any atom is 0.251 e. The normalized spacial score (nSPS) is 15.3. The summed E-state index contributed by atoms with van der Waals surface area (Å²) in [6, 6.07) is 31.5. The number of thiazole rings is 1. The largest absolute Gasteiger partial charge is 0.508 e. The molecule has 0 aliphatic carbocycles. The maximum atomic E-state index is 14.1. The van der Waals surface area contributed by atoms with Crippen LogP contribution in [0.15, 0.2) is 121 Å². The van der Waals surface area contributed by atoms with Gasteiger partial charge in [0.05, 0.1) is 34.8 Å². The van der Waals surface area contributed by atoms with Crippen LogP contribution in [-0.4, -0.2) is 92.5 Å². The zero-order valence-electron chi connectivity index (χ0n) is 42.7. The number of unbranched alkanes of at least 4 members (excludes halogenated alkanes) is 2. The van der Waals surface area contributed by atoms with E-state index in [0.29, 0.717) is 65.1 Å². The number of nitrogens with zero attached hydrogens (tertiary/aromatic N) is 2. The van der Waals surface area contributed by atoms with Crippen molar-refractivity contribution in [3.05, 3.63) is 154 Å². The van der Waals surface area contributed by atoms with E-state index in [1.165, 1.54) is 16.2 Å². The van der Waals surface area contributed by atoms with Crippen molar-refractivity contribution in [1.82, 2.24) is 25.8 Å². The van der Waals surface area contributed by atoms with Gasteiger partial charge >= 0.3 is 0 Å². The lowest BCUT2D eigenvalue weighted by Gasteiger charge is -2.35. The number of nitrogens with one attached hydrogen (secondary N) is 3. The van der Waals surface area contributed by atoms with Crippen molar-refractivity contribution in [3.63, 3.8) is 0 Å². The van der Waals surface area contributed by atoms with Gasteiger partial charge in [-0.25, -0.2) is 4.98 Å². The molecule has 75 heavy (non-hydrogen) atoms. The number of rotatable bonds is 20. The topological polar surface area (TPSA) is 207 Å². The highest BCUT2D eigenvalue weighted by Gasteiger charge is 2.44. The number of thiophene rings is 1. The van der Waals surface area contributed by atoms with Gasteiger partial charge in [-0.05, 0) is 134 Å². The van der Waals surface area contributed by atoms with Crippen molar-refractivity contribution in [2.24, 2.45) is 5.41 Å². The number of β-amino-alcohol motifs (C(OH)–C–C–N with tert-alkyl or cyclic N) is 1. The van der Waals surface area contributed by atoms with Gasteiger partial charge in [-0.3, -0.25) is 24.0 Å². The maximum absolute atomic E-state index is 14.1. The number of fused-ring (bicyclic) bond motifs is 1. The molecule has 3 heterocycles. The molecule has 0 bridgehead atoms. The molecule has 0 saturated carbocycles. The molecule has 4 amide bonds. The van der Waals surface area contributed by atoms with E-state index in [2.05, 4.69) is 20.9 Å². The van der Waals surface area contributed by atoms with Gasteiger partial charge < -0.3 is 40.9 Å². The lowest BCUT2D eigenvalue weighted by atomic mass is 9.85. The first-order chi connectivity index (χ1) is 35.9. The molecule has 2 aromatic heterocycles. The summed E-state index contributed by atoms with van der Waals surface area (Å²) < 4.78 is 6.72. The van der Waals surface area contributed by atoms with Crippen LogP contribution in [0.2, 0.25) is 0 Å². The Morgan fingerprint density at radius 3 is 2.15 bits per heavy atom. The van der Waals surface area contributed by atoms with E-state index in [0.717, 1.165) is 43.9 Å². The summed E-state index contributed by atoms with van der Waals surface area (Å²) in [6.45, 7) is 10.3. The fraction of sp³-hybridized carbons (Fsp3) is 0.322. The summed E-state index contributed by atoms with van der Waals surface area (Å²) in [5.41, 5.74) is 7.15. The van der Waals surface area contributed by atoms with E-state index in [-0.39, 0.29) is 60.4 Å². The van der Waals surface area contributed by atoms with Crippen LogP contribution in [0.25, 0.3) is 31.0 Å². The Morgan fingerprint density at radius 1 is 0.800 bits per heavy atom. The molecule has 5 aromatic carbocycles. The number of benzene rings is 5. The molecule has 6 N–H and O–H groups in total. The number of carbonyl (C=O) groups excluding carboxylic acids is 5. The Kier molecular flexibility index (Phi) is 17.1. The first-order valence-corrected chi connectivity index (χ1v) is 26.9. The Bertz CT molecular complexity index is 3150. The van der Waals surface area contributed by atoms with Crippen molar-refractivity contribution in [2.75, 3.05) is 19.7 Å². The van der Waals surface area contributed by atoms with E-state index < -0.39 is 29.5 Å². The van der Waals surface area contributed by atoms with Gasteiger partial charge in [-0.2, -0.15) is 0 Å². The first-order valence-electron chi connectivity index (χ1n) is 25.2. The Hall–Kier alpha value is -7.40. The minimum absolute atomic E-state index is 0.00275. The summed E-state index contributed by atoms with van der Waals surface area (Å²) in [6.07, 6.45) is 2.07. The molecule has 1 saturated heterocycles. The van der Waals surface area contributed by atoms with Crippen molar-refractivity contribution in [2.45, 2.75) is 97.4 Å². The van der Waals surface area contributed by atoms with Crippen molar-refractivity contribution in [3.8, 4) is 38.1 Å². The molecule has 1 aliphatic heterocycles. The predicted molar refractivity (Wildman–Crippen MR) is 293 cm³/mol. The lowest BCUT2D eigenvalue weighted by molar-refractivity contribution is -0.144. The van der Waals surface area contributed by atoms with Crippen LogP contribution in [0.5, 0.6) is 17.2 Å². The number of aromatic hydroxyl groups is 2. The molecule has 7 aromatic rings. The number of ketones is 1. The standard InChI is InChI=1S/C59H63N5O9S2/c1-35(38-12-16-40(17-13-38)53-36(2)61-34-74-53)62-57(71)48-31-45(67)33-64(48)58(72)55(59(3,4)5)63-50(68)9-7-6-8-30-73-46-25-10-37(11-26-46)28-29-60-56(70)42-18-14-39(15-19-42)52(69)51-47-27-24-44(66)32-49(47)75-54(51)41-20-22-43(65)23-21-41/h10-27,32,34-35,45,48,55,65-67H,6-9,28-31,33H2,1-5H3,(H,60,70)(H,62,71)(H,63,68). The molecule has 8 rings (SSSR count). The summed E-state index contributed by atoms with van der Waals surface area (Å²) in [4.78, 5) is 75.7. The summed E-state index contributed by atoms with van der Waals surface area (Å²) in [5.74, 6) is -0.591. The molecular weight excluding hydrogens is 987 g/mol. The third kappa shape index (κ3) is 13.3. The third-order valence-electron chi connectivity index (χ3n) is 13.4. The number of ether oxygens (including phenoxy) is 1. The van der Waals surface area contributed by atoms with E-state index in [9.17, 15) is 39.3 Å². The van der Waals surface area contributed by atoms with Crippen LogP contribution in [0.4, 0.5) is 0 Å². The molecule has 0 spiro atoms. The minimum atomic E-state index is -0.906. The quantitative estimate of drug-likeness (QED) is 0.0315. The van der Waals surface area contributed by atoms with Gasteiger partial charge in [0, 0.05) is 57.6 Å². The number of phenols is 2. The fourth-order valence-electron chi connectivity index (χ4n) is 9.22.